The molecule has 0 aliphatic carbocycles. The first-order valence-electron chi connectivity index (χ1n) is 8.55. The number of piperidine rings is 1. The number of aromatic nitrogens is 2. The lowest BCUT2D eigenvalue weighted by molar-refractivity contribution is 0.170. The average molecular weight is 326 g/mol. The Morgan fingerprint density at radius 3 is 3.17 bits per heavy atom. The van der Waals surface area contributed by atoms with Crippen molar-refractivity contribution in [3.05, 3.63) is 47.8 Å². The van der Waals surface area contributed by atoms with E-state index in [4.69, 9.17) is 4.74 Å². The van der Waals surface area contributed by atoms with E-state index in [2.05, 4.69) is 21.6 Å². The van der Waals surface area contributed by atoms with Crippen molar-refractivity contribution >= 4 is 6.03 Å². The van der Waals surface area contributed by atoms with E-state index in [1.807, 2.05) is 35.5 Å². The molecule has 3 heterocycles. The van der Waals surface area contributed by atoms with E-state index in [0.717, 1.165) is 38.1 Å². The van der Waals surface area contributed by atoms with Crippen LogP contribution in [0.2, 0.25) is 0 Å². The fourth-order valence-electron chi connectivity index (χ4n) is 3.60. The molecule has 6 nitrogen and oxygen atoms in total. The van der Waals surface area contributed by atoms with Crippen LogP contribution in [0.1, 0.15) is 29.9 Å². The van der Waals surface area contributed by atoms with Gasteiger partial charge in [0, 0.05) is 31.6 Å². The minimum Gasteiger partial charge on any atom is -0.488 e. The first-order chi connectivity index (χ1) is 11.8. The molecule has 1 aromatic heterocycles. The van der Waals surface area contributed by atoms with E-state index in [1.54, 1.807) is 0 Å². The third-order valence-corrected chi connectivity index (χ3v) is 4.89. The standard InChI is InChI=1S/C18H22N4O2/c23-18(19-11-16-8-13-4-1-2-6-17(13)24-16)22-7-3-5-14(12-22)15-9-20-21-10-15/h1-2,4,6,9-10,14,16H,3,5,7-8,11-12H2,(H,19,23)(H,20,21). The smallest absolute Gasteiger partial charge is 0.317 e. The zero-order valence-corrected chi connectivity index (χ0v) is 13.6. The summed E-state index contributed by atoms with van der Waals surface area (Å²) in [4.78, 5) is 14.4. The Bertz CT molecular complexity index is 676. The Hall–Kier alpha value is -2.50. The molecule has 1 saturated heterocycles. The molecule has 2 N–H and O–H groups in total. The minimum atomic E-state index is 0.00255. The largest absolute Gasteiger partial charge is 0.488 e. The Labute approximate surface area is 141 Å². The molecule has 2 aliphatic rings. The Balaban J connectivity index is 1.29. The van der Waals surface area contributed by atoms with E-state index in [1.165, 1.54) is 11.1 Å². The molecule has 2 unspecified atom stereocenters. The Morgan fingerprint density at radius 1 is 1.42 bits per heavy atom. The molecule has 2 aliphatic heterocycles. The number of nitrogens with zero attached hydrogens (tertiary/aromatic N) is 2. The van der Waals surface area contributed by atoms with Gasteiger partial charge in [-0.1, -0.05) is 18.2 Å². The maximum atomic E-state index is 12.5. The van der Waals surface area contributed by atoms with Crippen LogP contribution < -0.4 is 10.1 Å². The topological polar surface area (TPSA) is 70.2 Å². The van der Waals surface area contributed by atoms with Crippen LogP contribution >= 0.6 is 0 Å². The Kier molecular flexibility index (Phi) is 4.11. The summed E-state index contributed by atoms with van der Waals surface area (Å²) in [5.41, 5.74) is 2.40. The number of benzene rings is 1. The number of H-pyrrole nitrogens is 1. The van der Waals surface area contributed by atoms with Gasteiger partial charge < -0.3 is 15.0 Å². The van der Waals surface area contributed by atoms with E-state index in [0.29, 0.717) is 12.5 Å². The van der Waals surface area contributed by atoms with Crippen LogP contribution in [-0.4, -0.2) is 46.9 Å². The van der Waals surface area contributed by atoms with E-state index in [9.17, 15) is 4.79 Å². The number of carbonyl (C=O) groups excluding carboxylic acids is 1. The zero-order valence-electron chi connectivity index (χ0n) is 13.6. The number of nitrogens with one attached hydrogen (secondary N) is 2. The molecule has 4 rings (SSSR count). The molecule has 1 aromatic carbocycles. The highest BCUT2D eigenvalue weighted by Gasteiger charge is 2.27. The number of para-hydroxylation sites is 1. The highest BCUT2D eigenvalue weighted by Crippen LogP contribution is 2.28. The molecule has 6 heteroatoms. The Morgan fingerprint density at radius 2 is 2.33 bits per heavy atom. The molecule has 0 radical (unpaired) electrons. The minimum absolute atomic E-state index is 0.00255. The van der Waals surface area contributed by atoms with Crippen molar-refractivity contribution in [2.45, 2.75) is 31.3 Å². The number of amides is 2. The second kappa shape index (κ2) is 6.55. The number of rotatable bonds is 3. The first kappa shape index (κ1) is 15.1. The number of fused-ring (bicyclic) bond motifs is 1. The van der Waals surface area contributed by atoms with Gasteiger partial charge in [0.2, 0.25) is 0 Å². The summed E-state index contributed by atoms with van der Waals surface area (Å²) in [5, 5.41) is 9.91. The first-order valence-corrected chi connectivity index (χ1v) is 8.55. The van der Waals surface area contributed by atoms with Gasteiger partial charge in [-0.15, -0.1) is 0 Å². The zero-order chi connectivity index (χ0) is 16.4. The van der Waals surface area contributed by atoms with Gasteiger partial charge >= 0.3 is 6.03 Å². The van der Waals surface area contributed by atoms with Crippen LogP contribution in [0.25, 0.3) is 0 Å². The summed E-state index contributed by atoms with van der Waals surface area (Å²) in [6.45, 7) is 2.10. The van der Waals surface area contributed by atoms with Crippen LogP contribution in [0.5, 0.6) is 5.75 Å². The quantitative estimate of drug-likeness (QED) is 0.909. The molecular weight excluding hydrogens is 304 g/mol. The van der Waals surface area contributed by atoms with E-state index in [-0.39, 0.29) is 12.1 Å². The van der Waals surface area contributed by atoms with Gasteiger partial charge in [-0.3, -0.25) is 5.10 Å². The van der Waals surface area contributed by atoms with Gasteiger partial charge in [0.1, 0.15) is 11.9 Å². The molecule has 2 aromatic rings. The van der Waals surface area contributed by atoms with Crippen molar-refractivity contribution in [2.75, 3.05) is 19.6 Å². The number of likely N-dealkylation sites (tertiary alicyclic amines) is 1. The number of carbonyl (C=O) groups is 1. The molecule has 0 spiro atoms. The number of hydrogen-bond donors (Lipinski definition) is 2. The number of aromatic amines is 1. The van der Waals surface area contributed by atoms with Crippen molar-refractivity contribution in [2.24, 2.45) is 0 Å². The lowest BCUT2D eigenvalue weighted by Gasteiger charge is -2.32. The number of ether oxygens (including phenoxy) is 1. The maximum absolute atomic E-state index is 12.5. The second-order valence-electron chi connectivity index (χ2n) is 6.55. The summed E-state index contributed by atoms with van der Waals surface area (Å²) in [7, 11) is 0. The van der Waals surface area contributed by atoms with Crippen molar-refractivity contribution in [3.63, 3.8) is 0 Å². The SMILES string of the molecule is O=C(NCC1Cc2ccccc2O1)N1CCCC(c2cn[nH]c2)C1. The van der Waals surface area contributed by atoms with Crippen molar-refractivity contribution < 1.29 is 9.53 Å². The summed E-state index contributed by atoms with van der Waals surface area (Å²) >= 11 is 0. The van der Waals surface area contributed by atoms with Gasteiger partial charge in [0.05, 0.1) is 12.7 Å². The highest BCUT2D eigenvalue weighted by molar-refractivity contribution is 5.74. The third-order valence-electron chi connectivity index (χ3n) is 4.89. The van der Waals surface area contributed by atoms with Crippen LogP contribution in [0.3, 0.4) is 0 Å². The molecule has 126 valence electrons. The number of urea groups is 1. The van der Waals surface area contributed by atoms with Crippen LogP contribution in [0.4, 0.5) is 4.79 Å². The van der Waals surface area contributed by atoms with Crippen molar-refractivity contribution in [1.29, 1.82) is 0 Å². The van der Waals surface area contributed by atoms with Crippen LogP contribution in [0.15, 0.2) is 36.7 Å². The molecular formula is C18H22N4O2. The lowest BCUT2D eigenvalue weighted by Crippen LogP contribution is -2.47. The van der Waals surface area contributed by atoms with Gasteiger partial charge in [0.25, 0.3) is 0 Å². The van der Waals surface area contributed by atoms with E-state index < -0.39 is 0 Å². The van der Waals surface area contributed by atoms with Crippen molar-refractivity contribution in [1.82, 2.24) is 20.4 Å². The second-order valence-corrected chi connectivity index (χ2v) is 6.55. The fraction of sp³-hybridized carbons (Fsp3) is 0.444. The number of hydrogen-bond acceptors (Lipinski definition) is 3. The predicted molar refractivity (Wildman–Crippen MR) is 90.1 cm³/mol. The monoisotopic (exact) mass is 326 g/mol. The summed E-state index contributed by atoms with van der Waals surface area (Å²) in [6.07, 6.45) is 6.79. The molecule has 2 amide bonds. The molecule has 1 fully saturated rings. The molecule has 24 heavy (non-hydrogen) atoms. The summed E-state index contributed by atoms with van der Waals surface area (Å²) in [5.74, 6) is 1.31. The van der Waals surface area contributed by atoms with E-state index >= 15 is 0 Å². The van der Waals surface area contributed by atoms with Crippen molar-refractivity contribution in [3.8, 4) is 5.75 Å². The lowest BCUT2D eigenvalue weighted by atomic mass is 9.93. The van der Waals surface area contributed by atoms with Gasteiger partial charge in [-0.2, -0.15) is 5.10 Å². The highest BCUT2D eigenvalue weighted by atomic mass is 16.5. The maximum Gasteiger partial charge on any atom is 0.317 e. The van der Waals surface area contributed by atoms with Gasteiger partial charge in [-0.25, -0.2) is 4.79 Å². The molecule has 2 atom stereocenters. The fourth-order valence-corrected chi connectivity index (χ4v) is 3.60. The average Bonchev–Trinajstić information content (AvgIpc) is 3.29. The third kappa shape index (κ3) is 3.09. The van der Waals surface area contributed by atoms with Gasteiger partial charge in [0.15, 0.2) is 0 Å². The molecule has 0 bridgehead atoms. The summed E-state index contributed by atoms with van der Waals surface area (Å²) < 4.78 is 5.88. The van der Waals surface area contributed by atoms with Gasteiger partial charge in [-0.05, 0) is 30.0 Å². The van der Waals surface area contributed by atoms with Crippen LogP contribution in [0, 0.1) is 0 Å². The predicted octanol–water partition coefficient (Wildman–Crippen LogP) is 2.30. The normalized spacial score (nSPS) is 22.8. The summed E-state index contributed by atoms with van der Waals surface area (Å²) in [6, 6.07) is 8.06. The van der Waals surface area contributed by atoms with Crippen LogP contribution in [-0.2, 0) is 6.42 Å². The molecule has 0 saturated carbocycles.